The van der Waals surface area contributed by atoms with Crippen molar-refractivity contribution in [3.63, 3.8) is 0 Å². The molecule has 0 unspecified atom stereocenters. The van der Waals surface area contributed by atoms with Gasteiger partial charge in [0.15, 0.2) is 0 Å². The number of benzene rings is 1. The Kier molecular flexibility index (Phi) is 4.38. The molecule has 1 aliphatic heterocycles. The third kappa shape index (κ3) is 3.62. The fourth-order valence-corrected chi connectivity index (χ4v) is 2.67. The molecule has 1 aliphatic carbocycles. The van der Waals surface area contributed by atoms with Crippen molar-refractivity contribution < 1.29 is 14.0 Å². The average molecular weight is 305 g/mol. The zero-order valence-corrected chi connectivity index (χ0v) is 12.4. The molecule has 2 fully saturated rings. The van der Waals surface area contributed by atoms with Crippen LogP contribution in [0.2, 0.25) is 0 Å². The number of piperazine rings is 1. The van der Waals surface area contributed by atoms with Gasteiger partial charge in [-0.3, -0.25) is 14.5 Å². The number of para-hydroxylation sites is 1. The topological polar surface area (TPSA) is 52.7 Å². The van der Waals surface area contributed by atoms with Gasteiger partial charge in [0.05, 0.1) is 12.2 Å². The van der Waals surface area contributed by atoms with E-state index in [1.807, 2.05) is 9.80 Å². The summed E-state index contributed by atoms with van der Waals surface area (Å²) in [5.41, 5.74) is 0.204. The quantitative estimate of drug-likeness (QED) is 0.913. The molecule has 1 N–H and O–H groups in total. The maximum atomic E-state index is 13.5. The van der Waals surface area contributed by atoms with Crippen LogP contribution in [0.25, 0.3) is 0 Å². The molecule has 1 saturated heterocycles. The minimum absolute atomic E-state index is 0.204. The van der Waals surface area contributed by atoms with Gasteiger partial charge in [0, 0.05) is 32.1 Å². The van der Waals surface area contributed by atoms with E-state index in [1.54, 1.807) is 18.2 Å². The van der Waals surface area contributed by atoms with Gasteiger partial charge in [-0.15, -0.1) is 0 Å². The lowest BCUT2D eigenvalue weighted by molar-refractivity contribution is -0.134. The second-order valence-electron chi connectivity index (χ2n) is 5.90. The second kappa shape index (κ2) is 6.44. The summed E-state index contributed by atoms with van der Waals surface area (Å²) in [4.78, 5) is 27.8. The molecule has 0 radical (unpaired) electrons. The molecule has 0 bridgehead atoms. The Morgan fingerprint density at radius 3 is 2.45 bits per heavy atom. The van der Waals surface area contributed by atoms with Crippen molar-refractivity contribution in [2.75, 3.05) is 38.0 Å². The monoisotopic (exact) mass is 305 g/mol. The zero-order valence-electron chi connectivity index (χ0n) is 12.4. The molecule has 0 aromatic heterocycles. The number of halogens is 1. The van der Waals surface area contributed by atoms with E-state index < -0.39 is 5.82 Å². The van der Waals surface area contributed by atoms with Gasteiger partial charge in [-0.1, -0.05) is 12.1 Å². The van der Waals surface area contributed by atoms with Crippen molar-refractivity contribution in [3.8, 4) is 0 Å². The SMILES string of the molecule is O=C(CN1CCN(C(=O)C2CC2)CC1)Nc1ccccc1F. The highest BCUT2D eigenvalue weighted by molar-refractivity contribution is 5.92. The minimum Gasteiger partial charge on any atom is -0.340 e. The van der Waals surface area contributed by atoms with E-state index in [1.165, 1.54) is 6.07 Å². The van der Waals surface area contributed by atoms with Crippen LogP contribution >= 0.6 is 0 Å². The number of rotatable bonds is 4. The Labute approximate surface area is 129 Å². The molecular weight excluding hydrogens is 285 g/mol. The molecule has 3 rings (SSSR count). The van der Waals surface area contributed by atoms with Crippen LogP contribution in [-0.4, -0.2) is 54.3 Å². The van der Waals surface area contributed by atoms with Crippen LogP contribution in [-0.2, 0) is 9.59 Å². The molecule has 0 spiro atoms. The first-order chi connectivity index (χ1) is 10.6. The van der Waals surface area contributed by atoms with Crippen LogP contribution in [0.3, 0.4) is 0 Å². The minimum atomic E-state index is -0.435. The predicted molar refractivity (Wildman–Crippen MR) is 80.8 cm³/mol. The van der Waals surface area contributed by atoms with Crippen molar-refractivity contribution >= 4 is 17.5 Å². The molecular formula is C16H20FN3O2. The lowest BCUT2D eigenvalue weighted by atomic mass is 10.2. The molecule has 2 amide bonds. The van der Waals surface area contributed by atoms with Crippen LogP contribution in [0.15, 0.2) is 24.3 Å². The van der Waals surface area contributed by atoms with Gasteiger partial charge in [-0.25, -0.2) is 4.39 Å². The smallest absolute Gasteiger partial charge is 0.238 e. The van der Waals surface area contributed by atoms with Crippen molar-refractivity contribution in [1.82, 2.24) is 9.80 Å². The average Bonchev–Trinajstić information content (AvgIpc) is 3.34. The van der Waals surface area contributed by atoms with Crippen LogP contribution in [0.4, 0.5) is 10.1 Å². The first-order valence-corrected chi connectivity index (χ1v) is 7.69. The first-order valence-electron chi connectivity index (χ1n) is 7.69. The maximum Gasteiger partial charge on any atom is 0.238 e. The van der Waals surface area contributed by atoms with Crippen molar-refractivity contribution in [3.05, 3.63) is 30.1 Å². The van der Waals surface area contributed by atoms with E-state index in [9.17, 15) is 14.0 Å². The van der Waals surface area contributed by atoms with E-state index in [2.05, 4.69) is 5.32 Å². The molecule has 1 aromatic rings. The summed E-state index contributed by atoms with van der Waals surface area (Å²) in [7, 11) is 0. The number of anilines is 1. The summed E-state index contributed by atoms with van der Waals surface area (Å²) in [5, 5.41) is 2.58. The fourth-order valence-electron chi connectivity index (χ4n) is 2.67. The summed E-state index contributed by atoms with van der Waals surface area (Å²) in [6.07, 6.45) is 2.04. The molecule has 1 saturated carbocycles. The van der Waals surface area contributed by atoms with Gasteiger partial charge in [0.1, 0.15) is 5.82 Å². The lowest BCUT2D eigenvalue weighted by Gasteiger charge is -2.34. The number of hydrogen-bond donors (Lipinski definition) is 1. The number of nitrogens with one attached hydrogen (secondary N) is 1. The third-order valence-electron chi connectivity index (χ3n) is 4.13. The molecule has 118 valence electrons. The van der Waals surface area contributed by atoms with Gasteiger partial charge in [0.2, 0.25) is 11.8 Å². The lowest BCUT2D eigenvalue weighted by Crippen LogP contribution is -2.50. The molecule has 0 atom stereocenters. The van der Waals surface area contributed by atoms with E-state index in [-0.39, 0.29) is 30.0 Å². The number of hydrogen-bond acceptors (Lipinski definition) is 3. The predicted octanol–water partition coefficient (Wildman–Crippen LogP) is 1.32. The normalized spacial score (nSPS) is 19.0. The number of carbonyl (C=O) groups is 2. The highest BCUT2D eigenvalue weighted by atomic mass is 19.1. The molecule has 5 nitrogen and oxygen atoms in total. The largest absolute Gasteiger partial charge is 0.340 e. The Morgan fingerprint density at radius 1 is 1.14 bits per heavy atom. The van der Waals surface area contributed by atoms with Gasteiger partial charge in [0.25, 0.3) is 0 Å². The van der Waals surface area contributed by atoms with Crippen LogP contribution in [0.5, 0.6) is 0 Å². The van der Waals surface area contributed by atoms with E-state index in [0.29, 0.717) is 26.2 Å². The highest BCUT2D eigenvalue weighted by Crippen LogP contribution is 2.31. The van der Waals surface area contributed by atoms with Crippen LogP contribution in [0.1, 0.15) is 12.8 Å². The van der Waals surface area contributed by atoms with Crippen molar-refractivity contribution in [1.29, 1.82) is 0 Å². The van der Waals surface area contributed by atoms with Gasteiger partial charge in [-0.05, 0) is 25.0 Å². The highest BCUT2D eigenvalue weighted by Gasteiger charge is 2.34. The number of nitrogens with zero attached hydrogens (tertiary/aromatic N) is 2. The Morgan fingerprint density at radius 2 is 1.82 bits per heavy atom. The maximum absolute atomic E-state index is 13.5. The molecule has 2 aliphatic rings. The van der Waals surface area contributed by atoms with E-state index in [0.717, 1.165) is 12.8 Å². The summed E-state index contributed by atoms with van der Waals surface area (Å²) in [6.45, 7) is 2.93. The Bertz CT molecular complexity index is 566. The molecule has 1 heterocycles. The van der Waals surface area contributed by atoms with Crippen LogP contribution < -0.4 is 5.32 Å². The third-order valence-corrected chi connectivity index (χ3v) is 4.13. The summed E-state index contributed by atoms with van der Waals surface area (Å²) in [5.74, 6) is -0.158. The van der Waals surface area contributed by atoms with Crippen molar-refractivity contribution in [2.24, 2.45) is 5.92 Å². The number of amides is 2. The molecule has 6 heteroatoms. The van der Waals surface area contributed by atoms with E-state index >= 15 is 0 Å². The summed E-state index contributed by atoms with van der Waals surface area (Å²) < 4.78 is 13.5. The molecule has 1 aromatic carbocycles. The van der Waals surface area contributed by atoms with Crippen LogP contribution in [0, 0.1) is 11.7 Å². The summed E-state index contributed by atoms with van der Waals surface area (Å²) >= 11 is 0. The fraction of sp³-hybridized carbons (Fsp3) is 0.500. The Balaban J connectivity index is 1.45. The Hall–Kier alpha value is -1.95. The second-order valence-corrected chi connectivity index (χ2v) is 5.90. The van der Waals surface area contributed by atoms with Gasteiger partial charge >= 0.3 is 0 Å². The summed E-state index contributed by atoms with van der Waals surface area (Å²) in [6, 6.07) is 6.12. The van der Waals surface area contributed by atoms with Gasteiger partial charge in [-0.2, -0.15) is 0 Å². The first kappa shape index (κ1) is 15.0. The molecule has 22 heavy (non-hydrogen) atoms. The number of carbonyl (C=O) groups excluding carboxylic acids is 2. The standard InChI is InChI=1S/C16H20FN3O2/c17-13-3-1-2-4-14(13)18-15(21)11-19-7-9-20(10-8-19)16(22)12-5-6-12/h1-4,12H,5-11H2,(H,18,21). The van der Waals surface area contributed by atoms with Gasteiger partial charge < -0.3 is 10.2 Å². The van der Waals surface area contributed by atoms with E-state index in [4.69, 9.17) is 0 Å². The van der Waals surface area contributed by atoms with Crippen molar-refractivity contribution in [2.45, 2.75) is 12.8 Å². The zero-order chi connectivity index (χ0) is 15.5.